The Labute approximate surface area is 154 Å². The number of fused-ring (bicyclic) bond motifs is 1. The molecule has 5 N–H and O–H groups in total. The Balaban J connectivity index is 1.89. The minimum absolute atomic E-state index is 0.0578. The summed E-state index contributed by atoms with van der Waals surface area (Å²) in [6, 6.07) is 8.53. The van der Waals surface area contributed by atoms with Crippen molar-refractivity contribution in [1.82, 2.24) is 19.9 Å². The van der Waals surface area contributed by atoms with E-state index in [1.807, 2.05) is 11.6 Å². The van der Waals surface area contributed by atoms with E-state index in [0.717, 1.165) is 5.52 Å². The highest BCUT2D eigenvalue weighted by molar-refractivity contribution is 5.98. The molecule has 0 atom stereocenters. The number of amidine groups is 1. The monoisotopic (exact) mass is 366 g/mol. The zero-order valence-electron chi connectivity index (χ0n) is 14.6. The molecule has 0 aliphatic carbocycles. The van der Waals surface area contributed by atoms with Crippen LogP contribution in [0.15, 0.2) is 36.5 Å². The predicted molar refractivity (Wildman–Crippen MR) is 99.5 cm³/mol. The molecule has 0 radical (unpaired) electrons. The van der Waals surface area contributed by atoms with E-state index in [4.69, 9.17) is 16.2 Å². The van der Waals surface area contributed by atoms with Crippen LogP contribution in [0.1, 0.15) is 22.3 Å². The summed E-state index contributed by atoms with van der Waals surface area (Å²) in [5.41, 5.74) is 8.43. The minimum Gasteiger partial charge on any atom is -0.481 e. The van der Waals surface area contributed by atoms with Crippen LogP contribution in [0.5, 0.6) is 0 Å². The number of carbonyl (C=O) groups is 2. The van der Waals surface area contributed by atoms with Crippen LogP contribution in [-0.4, -0.2) is 43.9 Å². The van der Waals surface area contributed by atoms with Crippen LogP contribution in [-0.2, 0) is 11.8 Å². The molecule has 2 heterocycles. The quantitative estimate of drug-likeness (QED) is 0.380. The number of hydrogen-bond donors (Lipinski definition) is 4. The van der Waals surface area contributed by atoms with Crippen molar-refractivity contribution in [3.63, 3.8) is 0 Å². The second-order valence-corrected chi connectivity index (χ2v) is 5.94. The summed E-state index contributed by atoms with van der Waals surface area (Å²) in [4.78, 5) is 31.5. The van der Waals surface area contributed by atoms with Crippen molar-refractivity contribution in [3.8, 4) is 11.5 Å². The zero-order chi connectivity index (χ0) is 19.6. The highest BCUT2D eigenvalue weighted by Crippen LogP contribution is 2.23. The van der Waals surface area contributed by atoms with E-state index in [1.54, 1.807) is 30.3 Å². The Morgan fingerprint density at radius 2 is 2.00 bits per heavy atom. The molecule has 9 nitrogen and oxygen atoms in total. The van der Waals surface area contributed by atoms with Crippen LogP contribution in [0, 0.1) is 5.41 Å². The van der Waals surface area contributed by atoms with Gasteiger partial charge >= 0.3 is 5.97 Å². The first-order valence-electron chi connectivity index (χ1n) is 8.14. The van der Waals surface area contributed by atoms with Gasteiger partial charge in [0.05, 0.1) is 17.5 Å². The van der Waals surface area contributed by atoms with Crippen molar-refractivity contribution in [2.24, 2.45) is 12.8 Å². The number of aromatic nitrogens is 3. The highest BCUT2D eigenvalue weighted by Gasteiger charge is 2.14. The molecular formula is C18H18N6O3. The third kappa shape index (κ3) is 3.76. The maximum atomic E-state index is 12.1. The normalized spacial score (nSPS) is 10.7. The van der Waals surface area contributed by atoms with Crippen molar-refractivity contribution in [1.29, 1.82) is 5.41 Å². The van der Waals surface area contributed by atoms with E-state index in [0.29, 0.717) is 28.2 Å². The van der Waals surface area contributed by atoms with Crippen LogP contribution in [0.2, 0.25) is 0 Å². The van der Waals surface area contributed by atoms with E-state index in [2.05, 4.69) is 15.3 Å². The second-order valence-electron chi connectivity index (χ2n) is 5.94. The summed E-state index contributed by atoms with van der Waals surface area (Å²) < 4.78 is 1.86. The van der Waals surface area contributed by atoms with Gasteiger partial charge in [-0.25, -0.2) is 4.98 Å². The predicted octanol–water partition coefficient (Wildman–Crippen LogP) is 1.12. The molecule has 0 saturated heterocycles. The number of carbonyl (C=O) groups excluding carboxylic acids is 1. The molecule has 0 spiro atoms. The average Bonchev–Trinajstić information content (AvgIpc) is 2.97. The van der Waals surface area contributed by atoms with E-state index in [9.17, 15) is 9.59 Å². The molecule has 0 bridgehead atoms. The lowest BCUT2D eigenvalue weighted by Crippen LogP contribution is -2.25. The standard InChI is InChI=1S/C18H18N6O3/c1-24-14-5-3-10(18(27)21-7-6-15(25)26)8-13(14)23-17(24)12-4-2-11(9-22-12)16(19)20/h2-5,8-9H,6-7H2,1H3,(H3,19,20)(H,21,27)(H,25,26). The number of nitrogen functional groups attached to an aromatic ring is 1. The van der Waals surface area contributed by atoms with Crippen molar-refractivity contribution in [3.05, 3.63) is 47.7 Å². The van der Waals surface area contributed by atoms with Crippen LogP contribution < -0.4 is 11.1 Å². The van der Waals surface area contributed by atoms with Gasteiger partial charge in [-0.1, -0.05) is 0 Å². The molecule has 3 rings (SSSR count). The summed E-state index contributed by atoms with van der Waals surface area (Å²) in [7, 11) is 1.85. The Morgan fingerprint density at radius 1 is 1.26 bits per heavy atom. The van der Waals surface area contributed by atoms with Gasteiger partial charge in [0.25, 0.3) is 5.91 Å². The molecule has 9 heteroatoms. The molecule has 1 aromatic carbocycles. The molecular weight excluding hydrogens is 348 g/mol. The van der Waals surface area contributed by atoms with E-state index in [-0.39, 0.29) is 24.7 Å². The summed E-state index contributed by atoms with van der Waals surface area (Å²) in [6.45, 7) is 0.0616. The lowest BCUT2D eigenvalue weighted by Gasteiger charge is -2.04. The van der Waals surface area contributed by atoms with Gasteiger partial charge in [-0.2, -0.15) is 0 Å². The highest BCUT2D eigenvalue weighted by atomic mass is 16.4. The fourth-order valence-electron chi connectivity index (χ4n) is 2.64. The largest absolute Gasteiger partial charge is 0.481 e. The third-order valence-electron chi connectivity index (χ3n) is 4.07. The van der Waals surface area contributed by atoms with Gasteiger partial charge in [-0.05, 0) is 30.3 Å². The molecule has 27 heavy (non-hydrogen) atoms. The van der Waals surface area contributed by atoms with Gasteiger partial charge in [0.1, 0.15) is 11.5 Å². The lowest BCUT2D eigenvalue weighted by atomic mass is 10.2. The van der Waals surface area contributed by atoms with Crippen LogP contribution in [0.25, 0.3) is 22.6 Å². The van der Waals surface area contributed by atoms with Crippen LogP contribution in [0.3, 0.4) is 0 Å². The summed E-state index contributed by atoms with van der Waals surface area (Å²) in [6.07, 6.45) is 1.38. The van der Waals surface area contributed by atoms with E-state index >= 15 is 0 Å². The van der Waals surface area contributed by atoms with Crippen molar-refractivity contribution in [2.75, 3.05) is 6.54 Å². The maximum Gasteiger partial charge on any atom is 0.305 e. The number of carboxylic acid groups (broad SMARTS) is 1. The van der Waals surface area contributed by atoms with Gasteiger partial charge in [0.15, 0.2) is 5.82 Å². The number of nitrogens with one attached hydrogen (secondary N) is 2. The fraction of sp³-hybridized carbons (Fsp3) is 0.167. The number of carboxylic acids is 1. The van der Waals surface area contributed by atoms with Crippen LogP contribution in [0.4, 0.5) is 0 Å². The number of nitrogens with two attached hydrogens (primary N) is 1. The molecule has 0 unspecified atom stereocenters. The van der Waals surface area contributed by atoms with Crippen molar-refractivity contribution < 1.29 is 14.7 Å². The number of benzene rings is 1. The van der Waals surface area contributed by atoms with Gasteiger partial charge in [-0.3, -0.25) is 20.0 Å². The molecule has 2 aromatic heterocycles. The number of pyridine rings is 1. The average molecular weight is 366 g/mol. The van der Waals surface area contributed by atoms with Gasteiger partial charge < -0.3 is 20.7 Å². The maximum absolute atomic E-state index is 12.1. The Morgan fingerprint density at radius 3 is 2.63 bits per heavy atom. The first-order chi connectivity index (χ1) is 12.9. The fourth-order valence-corrected chi connectivity index (χ4v) is 2.64. The second kappa shape index (κ2) is 7.24. The number of nitrogens with zero attached hydrogens (tertiary/aromatic N) is 3. The SMILES string of the molecule is Cn1c(-c2ccc(C(=N)N)cn2)nc2cc(C(=O)NCCC(=O)O)ccc21. The Kier molecular flexibility index (Phi) is 4.84. The number of aryl methyl sites for hydroxylation is 1. The zero-order valence-corrected chi connectivity index (χ0v) is 14.6. The molecule has 3 aromatic rings. The smallest absolute Gasteiger partial charge is 0.305 e. The Bertz CT molecular complexity index is 1040. The molecule has 1 amide bonds. The van der Waals surface area contributed by atoms with E-state index < -0.39 is 5.97 Å². The number of amides is 1. The number of aliphatic carboxylic acids is 1. The topological polar surface area (TPSA) is 147 Å². The van der Waals surface area contributed by atoms with Crippen molar-refractivity contribution in [2.45, 2.75) is 6.42 Å². The molecule has 138 valence electrons. The van der Waals surface area contributed by atoms with Gasteiger partial charge in [-0.15, -0.1) is 0 Å². The van der Waals surface area contributed by atoms with Crippen molar-refractivity contribution >= 4 is 28.7 Å². The van der Waals surface area contributed by atoms with E-state index in [1.165, 1.54) is 6.20 Å². The van der Waals surface area contributed by atoms with Gasteiger partial charge in [0, 0.05) is 30.9 Å². The molecule has 0 aliphatic heterocycles. The number of hydrogen-bond acceptors (Lipinski definition) is 5. The summed E-state index contributed by atoms with van der Waals surface area (Å²) in [5, 5.41) is 18.6. The van der Waals surface area contributed by atoms with Crippen LogP contribution >= 0.6 is 0 Å². The summed E-state index contributed by atoms with van der Waals surface area (Å²) >= 11 is 0. The lowest BCUT2D eigenvalue weighted by molar-refractivity contribution is -0.136. The first-order valence-corrected chi connectivity index (χ1v) is 8.14. The number of imidazole rings is 1. The first kappa shape index (κ1) is 18.1. The molecule has 0 fully saturated rings. The Hall–Kier alpha value is -3.75. The summed E-state index contributed by atoms with van der Waals surface area (Å²) in [5.74, 6) is -0.765. The van der Waals surface area contributed by atoms with Gasteiger partial charge in [0.2, 0.25) is 0 Å². The molecule has 0 aliphatic rings. The minimum atomic E-state index is -0.969. The third-order valence-corrected chi connectivity index (χ3v) is 4.07. The number of rotatable bonds is 6. The molecule has 0 saturated carbocycles.